The molecular formula is C23H22N2O5S. The van der Waals surface area contributed by atoms with Crippen molar-refractivity contribution in [1.29, 1.82) is 0 Å². The van der Waals surface area contributed by atoms with Gasteiger partial charge >= 0.3 is 0 Å². The van der Waals surface area contributed by atoms with Crippen LogP contribution in [0.2, 0.25) is 0 Å². The number of aromatic nitrogens is 2. The van der Waals surface area contributed by atoms with Crippen LogP contribution >= 0.6 is 0 Å². The molecule has 0 saturated heterocycles. The smallest absolute Gasteiger partial charge is 0.187 e. The number of carbonyl (C=O) groups excluding carboxylic acids is 1. The van der Waals surface area contributed by atoms with Crippen LogP contribution in [0.5, 0.6) is 5.75 Å². The Balaban J connectivity index is 1.64. The number of rotatable bonds is 8. The zero-order valence-corrected chi connectivity index (χ0v) is 18.1. The van der Waals surface area contributed by atoms with E-state index in [-0.39, 0.29) is 11.3 Å². The predicted octanol–water partition coefficient (Wildman–Crippen LogP) is 3.58. The van der Waals surface area contributed by atoms with Crippen molar-refractivity contribution in [2.75, 3.05) is 12.9 Å². The highest BCUT2D eigenvalue weighted by atomic mass is 32.2. The van der Waals surface area contributed by atoms with Gasteiger partial charge in [0, 0.05) is 29.7 Å². The first-order valence-electron chi connectivity index (χ1n) is 9.73. The molecule has 0 saturated carbocycles. The first-order valence-corrected chi connectivity index (χ1v) is 11.4. The Labute approximate surface area is 180 Å². The number of ether oxygens (including phenoxy) is 1. The maximum absolute atomic E-state index is 13.1. The van der Waals surface area contributed by atoms with Crippen LogP contribution in [-0.4, -0.2) is 36.8 Å². The summed E-state index contributed by atoms with van der Waals surface area (Å²) in [5, 5.41) is 4.36. The quantitative estimate of drug-likeness (QED) is 0.418. The van der Waals surface area contributed by atoms with Gasteiger partial charge in [-0.15, -0.1) is 0 Å². The number of para-hydroxylation sites is 1. The van der Waals surface area contributed by atoms with Gasteiger partial charge in [-0.1, -0.05) is 35.5 Å². The fraction of sp³-hybridized carbons (Fsp3) is 0.217. The van der Waals surface area contributed by atoms with Crippen LogP contribution < -0.4 is 4.74 Å². The monoisotopic (exact) mass is 438 g/mol. The Morgan fingerprint density at radius 1 is 1.13 bits per heavy atom. The Morgan fingerprint density at radius 2 is 1.94 bits per heavy atom. The highest BCUT2D eigenvalue weighted by molar-refractivity contribution is 7.92. The van der Waals surface area contributed by atoms with E-state index < -0.39 is 21.4 Å². The summed E-state index contributed by atoms with van der Waals surface area (Å²) in [6.45, 7) is 2.19. The van der Waals surface area contributed by atoms with Crippen molar-refractivity contribution in [3.63, 3.8) is 0 Å². The van der Waals surface area contributed by atoms with Crippen molar-refractivity contribution in [1.82, 2.24) is 9.72 Å². The van der Waals surface area contributed by atoms with E-state index in [1.54, 1.807) is 38.4 Å². The average Bonchev–Trinajstić information content (AvgIpc) is 3.31. The van der Waals surface area contributed by atoms with Gasteiger partial charge in [-0.05, 0) is 30.7 Å². The normalized spacial score (nSPS) is 11.7. The summed E-state index contributed by atoms with van der Waals surface area (Å²) < 4.78 is 38.3. The van der Waals surface area contributed by atoms with Crippen molar-refractivity contribution in [3.05, 3.63) is 77.8 Å². The second-order valence-electron chi connectivity index (χ2n) is 7.39. The lowest BCUT2D eigenvalue weighted by molar-refractivity contribution is -0.116. The second-order valence-corrected chi connectivity index (χ2v) is 9.35. The Morgan fingerprint density at radius 3 is 2.68 bits per heavy atom. The van der Waals surface area contributed by atoms with Crippen LogP contribution in [0, 0.1) is 6.92 Å². The molecule has 160 valence electrons. The predicted molar refractivity (Wildman–Crippen MR) is 116 cm³/mol. The lowest BCUT2D eigenvalue weighted by Gasteiger charge is -2.07. The summed E-state index contributed by atoms with van der Waals surface area (Å²) in [5.74, 6) is 0.284. The van der Waals surface area contributed by atoms with Crippen molar-refractivity contribution >= 4 is 26.5 Å². The minimum absolute atomic E-state index is 0.0843. The van der Waals surface area contributed by atoms with Gasteiger partial charge in [-0.25, -0.2) is 8.42 Å². The van der Waals surface area contributed by atoms with Crippen molar-refractivity contribution in [3.8, 4) is 5.75 Å². The van der Waals surface area contributed by atoms with Crippen molar-refractivity contribution in [2.45, 2.75) is 24.8 Å². The molecule has 0 unspecified atom stereocenters. The number of sulfone groups is 1. The highest BCUT2D eigenvalue weighted by Gasteiger charge is 2.25. The molecule has 4 aromatic rings. The fourth-order valence-electron chi connectivity index (χ4n) is 3.60. The van der Waals surface area contributed by atoms with E-state index in [1.165, 1.54) is 0 Å². The fourth-order valence-corrected chi connectivity index (χ4v) is 5.08. The second kappa shape index (κ2) is 8.39. The minimum Gasteiger partial charge on any atom is -0.497 e. The summed E-state index contributed by atoms with van der Waals surface area (Å²) in [7, 11) is -2.23. The van der Waals surface area contributed by atoms with Crippen molar-refractivity contribution < 1.29 is 22.5 Å². The molecule has 0 atom stereocenters. The third-order valence-corrected chi connectivity index (χ3v) is 6.68. The van der Waals surface area contributed by atoms with Crippen LogP contribution in [0.25, 0.3) is 10.9 Å². The molecule has 0 spiro atoms. The number of carbonyl (C=O) groups is 1. The number of benzene rings is 2. The maximum atomic E-state index is 13.1. The lowest BCUT2D eigenvalue weighted by atomic mass is 10.2. The Hall–Kier alpha value is -3.39. The van der Waals surface area contributed by atoms with E-state index in [2.05, 4.69) is 5.16 Å². The molecule has 2 aromatic carbocycles. The molecule has 4 rings (SSSR count). The van der Waals surface area contributed by atoms with Crippen LogP contribution in [0.3, 0.4) is 0 Å². The number of methoxy groups -OCH3 is 1. The summed E-state index contributed by atoms with van der Waals surface area (Å²) in [5.41, 5.74) is 2.18. The maximum Gasteiger partial charge on any atom is 0.187 e. The molecule has 0 aliphatic heterocycles. The van der Waals surface area contributed by atoms with Crippen LogP contribution in [0.4, 0.5) is 0 Å². The molecule has 0 aliphatic rings. The number of fused-ring (bicyclic) bond motifs is 1. The molecule has 0 radical (unpaired) electrons. The standard InChI is InChI=1S/C23H22N2O5S/c1-16-10-18(24-30-16)12-19(26)15-31(27,28)23-14-25(22-9-4-3-8-21(22)23)13-17-6-5-7-20(11-17)29-2/h3-11,14H,12-13,15H2,1-2H3. The summed E-state index contributed by atoms with van der Waals surface area (Å²) in [6.07, 6.45) is 1.52. The number of aryl methyl sites for hydroxylation is 1. The van der Waals surface area contributed by atoms with Gasteiger partial charge in [-0.3, -0.25) is 4.79 Å². The molecule has 8 heteroatoms. The molecule has 7 nitrogen and oxygen atoms in total. The van der Waals surface area contributed by atoms with Gasteiger partial charge in [0.05, 0.1) is 24.1 Å². The van der Waals surface area contributed by atoms with Gasteiger partial charge in [0.25, 0.3) is 0 Å². The van der Waals surface area contributed by atoms with Gasteiger partial charge in [0.2, 0.25) is 0 Å². The van der Waals surface area contributed by atoms with Crippen molar-refractivity contribution in [2.24, 2.45) is 0 Å². The van der Waals surface area contributed by atoms with Gasteiger partial charge in [0.15, 0.2) is 15.6 Å². The number of hydrogen-bond donors (Lipinski definition) is 0. The van der Waals surface area contributed by atoms with E-state index in [4.69, 9.17) is 9.26 Å². The number of hydrogen-bond acceptors (Lipinski definition) is 6. The zero-order valence-electron chi connectivity index (χ0n) is 17.2. The molecule has 0 fully saturated rings. The molecule has 0 N–H and O–H groups in total. The largest absolute Gasteiger partial charge is 0.497 e. The van der Waals surface area contributed by atoms with Gasteiger partial charge < -0.3 is 13.8 Å². The average molecular weight is 439 g/mol. The summed E-state index contributed by atoms with van der Waals surface area (Å²) in [6, 6.07) is 16.5. The minimum atomic E-state index is -3.84. The molecule has 2 aromatic heterocycles. The molecule has 2 heterocycles. The van der Waals surface area contributed by atoms with E-state index in [1.807, 2.05) is 41.0 Å². The number of Topliss-reactive ketones (excluding diaryl/α,β-unsaturated/α-hetero) is 1. The van der Waals surface area contributed by atoms with Crippen LogP contribution in [0.1, 0.15) is 17.0 Å². The third-order valence-electron chi connectivity index (χ3n) is 4.98. The van der Waals surface area contributed by atoms with E-state index in [0.717, 1.165) is 16.8 Å². The van der Waals surface area contributed by atoms with E-state index in [0.29, 0.717) is 23.4 Å². The molecule has 0 aliphatic carbocycles. The first-order chi connectivity index (χ1) is 14.9. The Bertz CT molecular complexity index is 1350. The first kappa shape index (κ1) is 20.9. The molecule has 0 amide bonds. The number of nitrogens with zero attached hydrogens (tertiary/aromatic N) is 2. The summed E-state index contributed by atoms with van der Waals surface area (Å²) >= 11 is 0. The van der Waals surface area contributed by atoms with Crippen LogP contribution in [0.15, 0.2) is 70.2 Å². The molecular weight excluding hydrogens is 416 g/mol. The SMILES string of the molecule is COc1cccc(Cn2cc(S(=O)(=O)CC(=O)Cc3cc(C)on3)c3ccccc32)c1. The number of ketones is 1. The summed E-state index contributed by atoms with van der Waals surface area (Å²) in [4.78, 5) is 12.6. The van der Waals surface area contributed by atoms with E-state index >= 15 is 0 Å². The highest BCUT2D eigenvalue weighted by Crippen LogP contribution is 2.28. The Kier molecular flexibility index (Phi) is 5.65. The van der Waals surface area contributed by atoms with Crippen LogP contribution in [-0.2, 0) is 27.6 Å². The topological polar surface area (TPSA) is 91.4 Å². The lowest BCUT2D eigenvalue weighted by Crippen LogP contribution is -2.18. The molecule has 31 heavy (non-hydrogen) atoms. The van der Waals surface area contributed by atoms with Gasteiger partial charge in [0.1, 0.15) is 17.3 Å². The van der Waals surface area contributed by atoms with E-state index in [9.17, 15) is 13.2 Å². The van der Waals surface area contributed by atoms with Gasteiger partial charge in [-0.2, -0.15) is 0 Å². The third kappa shape index (κ3) is 4.54. The zero-order chi connectivity index (χ0) is 22.0. The molecule has 0 bridgehead atoms.